The summed E-state index contributed by atoms with van der Waals surface area (Å²) in [5.41, 5.74) is 2.44. The van der Waals surface area contributed by atoms with E-state index in [9.17, 15) is 4.79 Å². The second-order valence-corrected chi connectivity index (χ2v) is 8.16. The molecule has 1 saturated heterocycles. The fraction of sp³-hybridized carbons (Fsp3) is 0.480. The average Bonchev–Trinajstić information content (AvgIpc) is 2.71. The van der Waals surface area contributed by atoms with Gasteiger partial charge in [-0.05, 0) is 63.6 Å². The smallest absolute Gasteiger partial charge is 0.260 e. The van der Waals surface area contributed by atoms with Crippen molar-refractivity contribution in [3.8, 4) is 5.75 Å². The van der Waals surface area contributed by atoms with Gasteiger partial charge in [-0.1, -0.05) is 48.9 Å². The second-order valence-electron chi connectivity index (χ2n) is 8.16. The van der Waals surface area contributed by atoms with Crippen molar-refractivity contribution >= 4 is 12.0 Å². The monoisotopic (exact) mass is 381 g/mol. The van der Waals surface area contributed by atoms with E-state index in [0.29, 0.717) is 0 Å². The van der Waals surface area contributed by atoms with E-state index >= 15 is 0 Å². The van der Waals surface area contributed by atoms with Crippen molar-refractivity contribution in [3.63, 3.8) is 0 Å². The van der Waals surface area contributed by atoms with E-state index in [1.807, 2.05) is 35.2 Å². The number of carbonyl (C=O) groups excluding carboxylic acids is 1. The normalized spacial score (nSPS) is 16.5. The third-order valence-corrected chi connectivity index (χ3v) is 5.31. The zero-order chi connectivity index (χ0) is 20.4. The van der Waals surface area contributed by atoms with Crippen LogP contribution in [0.4, 0.5) is 0 Å². The Morgan fingerprint density at radius 1 is 1.18 bits per heavy atom. The van der Waals surface area contributed by atoms with E-state index in [-0.39, 0.29) is 17.9 Å². The van der Waals surface area contributed by atoms with Gasteiger partial charge in [-0.2, -0.15) is 0 Å². The van der Waals surface area contributed by atoms with Crippen LogP contribution >= 0.6 is 0 Å². The molecule has 0 bridgehead atoms. The molecule has 1 aromatic carbocycles. The first-order valence-corrected chi connectivity index (χ1v) is 10.4. The summed E-state index contributed by atoms with van der Waals surface area (Å²) >= 11 is 0. The molecule has 0 aromatic heterocycles. The quantitative estimate of drug-likeness (QED) is 0.489. The first-order valence-electron chi connectivity index (χ1n) is 10.4. The van der Waals surface area contributed by atoms with Gasteiger partial charge in [0.2, 0.25) is 0 Å². The molecule has 1 amide bonds. The van der Waals surface area contributed by atoms with Gasteiger partial charge < -0.3 is 9.64 Å². The number of benzene rings is 1. The Hall–Kier alpha value is -2.29. The molecular weight excluding hydrogens is 346 g/mol. The predicted molar refractivity (Wildman–Crippen MR) is 118 cm³/mol. The SMILES string of the molecule is C=C[C@@](C)(/C=C/c1ccc(OCC(=O)N2CCCCC2)cc1)CCC=C(C)C. The molecule has 28 heavy (non-hydrogen) atoms. The van der Waals surface area contributed by atoms with Crippen LogP contribution in [0.25, 0.3) is 6.08 Å². The molecule has 0 spiro atoms. The van der Waals surface area contributed by atoms with Gasteiger partial charge in [0.25, 0.3) is 5.91 Å². The molecule has 1 aliphatic rings. The molecule has 3 nitrogen and oxygen atoms in total. The Balaban J connectivity index is 1.86. The summed E-state index contributed by atoms with van der Waals surface area (Å²) in [6, 6.07) is 7.91. The van der Waals surface area contributed by atoms with E-state index in [1.165, 1.54) is 12.0 Å². The maximum absolute atomic E-state index is 12.2. The summed E-state index contributed by atoms with van der Waals surface area (Å²) in [6.45, 7) is 12.3. The van der Waals surface area contributed by atoms with Gasteiger partial charge in [-0.15, -0.1) is 6.58 Å². The number of rotatable bonds is 9. The fourth-order valence-electron chi connectivity index (χ4n) is 3.27. The van der Waals surface area contributed by atoms with Crippen LogP contribution in [0.1, 0.15) is 58.4 Å². The number of likely N-dealkylation sites (tertiary alicyclic amines) is 1. The molecule has 152 valence electrons. The van der Waals surface area contributed by atoms with Crippen LogP contribution in [-0.2, 0) is 4.79 Å². The van der Waals surface area contributed by atoms with Crippen LogP contribution in [0.3, 0.4) is 0 Å². The standard InChI is InChI=1S/C25H35NO2/c1-5-25(4,16-9-10-21(2)3)17-15-22-11-13-23(14-12-22)28-20-24(27)26-18-7-6-8-19-26/h5,10-15,17H,1,6-9,16,18-20H2,2-4H3/b17-15+/t25-/m1/s1. The molecule has 1 aliphatic heterocycles. The largest absolute Gasteiger partial charge is 0.484 e. The topological polar surface area (TPSA) is 29.5 Å². The van der Waals surface area contributed by atoms with Gasteiger partial charge in [0.15, 0.2) is 6.61 Å². The Bertz CT molecular complexity index is 692. The van der Waals surface area contributed by atoms with Crippen LogP contribution in [0.15, 0.2) is 54.6 Å². The van der Waals surface area contributed by atoms with Crippen molar-refractivity contribution in [2.24, 2.45) is 5.41 Å². The molecular formula is C25H35NO2. The van der Waals surface area contributed by atoms with Crippen molar-refractivity contribution in [2.45, 2.75) is 52.9 Å². The molecule has 1 atom stereocenters. The summed E-state index contributed by atoms with van der Waals surface area (Å²) in [6.07, 6.45) is 14.2. The van der Waals surface area contributed by atoms with Crippen LogP contribution in [0, 0.1) is 5.41 Å². The third-order valence-electron chi connectivity index (χ3n) is 5.31. The molecule has 1 fully saturated rings. The highest BCUT2D eigenvalue weighted by Gasteiger charge is 2.17. The Morgan fingerprint density at radius 3 is 2.46 bits per heavy atom. The molecule has 3 heteroatoms. The highest BCUT2D eigenvalue weighted by molar-refractivity contribution is 5.77. The predicted octanol–water partition coefficient (Wildman–Crippen LogP) is 6.03. The lowest BCUT2D eigenvalue weighted by atomic mass is 9.84. The van der Waals surface area contributed by atoms with E-state index in [1.54, 1.807) is 0 Å². The molecule has 0 aliphatic carbocycles. The number of hydrogen-bond donors (Lipinski definition) is 0. The maximum Gasteiger partial charge on any atom is 0.260 e. The minimum Gasteiger partial charge on any atom is -0.484 e. The molecule has 1 aromatic rings. The highest BCUT2D eigenvalue weighted by Crippen LogP contribution is 2.28. The Morgan fingerprint density at radius 2 is 1.86 bits per heavy atom. The first-order chi connectivity index (χ1) is 13.4. The summed E-state index contributed by atoms with van der Waals surface area (Å²) < 4.78 is 5.68. The molecule has 0 saturated carbocycles. The van der Waals surface area contributed by atoms with Crippen molar-refractivity contribution in [2.75, 3.05) is 19.7 Å². The summed E-state index contributed by atoms with van der Waals surface area (Å²) in [5, 5.41) is 0. The summed E-state index contributed by atoms with van der Waals surface area (Å²) in [7, 11) is 0. The Kier molecular flexibility index (Phi) is 8.56. The molecule has 0 N–H and O–H groups in total. The van der Waals surface area contributed by atoms with E-state index in [4.69, 9.17) is 4.74 Å². The highest BCUT2D eigenvalue weighted by atomic mass is 16.5. The zero-order valence-corrected chi connectivity index (χ0v) is 17.7. The zero-order valence-electron chi connectivity index (χ0n) is 17.7. The van der Waals surface area contributed by atoms with Crippen LogP contribution in [0.2, 0.25) is 0 Å². The molecule has 1 heterocycles. The number of piperidine rings is 1. The maximum atomic E-state index is 12.2. The van der Waals surface area contributed by atoms with Crippen LogP contribution in [-0.4, -0.2) is 30.5 Å². The van der Waals surface area contributed by atoms with Gasteiger partial charge in [-0.3, -0.25) is 4.79 Å². The minimum absolute atomic E-state index is 0.0258. The first kappa shape index (κ1) is 22.0. The number of amides is 1. The lowest BCUT2D eigenvalue weighted by Gasteiger charge is -2.26. The van der Waals surface area contributed by atoms with Gasteiger partial charge in [-0.25, -0.2) is 0 Å². The molecule has 0 unspecified atom stereocenters. The van der Waals surface area contributed by atoms with Crippen LogP contribution < -0.4 is 4.74 Å². The molecule has 2 rings (SSSR count). The number of nitrogens with zero attached hydrogens (tertiary/aromatic N) is 1. The minimum atomic E-state index is -0.0258. The van der Waals surface area contributed by atoms with Crippen LogP contribution in [0.5, 0.6) is 5.75 Å². The third kappa shape index (κ3) is 7.38. The fourth-order valence-corrected chi connectivity index (χ4v) is 3.27. The number of ether oxygens (including phenoxy) is 1. The number of allylic oxidation sites excluding steroid dienone is 4. The van der Waals surface area contributed by atoms with Crippen molar-refractivity contribution in [1.29, 1.82) is 0 Å². The van der Waals surface area contributed by atoms with E-state index < -0.39 is 0 Å². The van der Waals surface area contributed by atoms with Gasteiger partial charge in [0.05, 0.1) is 0 Å². The Labute approximate surface area is 170 Å². The van der Waals surface area contributed by atoms with Gasteiger partial charge in [0.1, 0.15) is 5.75 Å². The van der Waals surface area contributed by atoms with Crippen molar-refractivity contribution in [1.82, 2.24) is 4.90 Å². The average molecular weight is 382 g/mol. The van der Waals surface area contributed by atoms with Gasteiger partial charge >= 0.3 is 0 Å². The van der Waals surface area contributed by atoms with Crippen molar-refractivity contribution in [3.05, 3.63) is 60.2 Å². The lowest BCUT2D eigenvalue weighted by molar-refractivity contribution is -0.134. The summed E-state index contributed by atoms with van der Waals surface area (Å²) in [5.74, 6) is 0.819. The van der Waals surface area contributed by atoms with Crippen molar-refractivity contribution < 1.29 is 9.53 Å². The lowest BCUT2D eigenvalue weighted by Crippen LogP contribution is -2.38. The molecule has 0 radical (unpaired) electrons. The number of hydrogen-bond acceptors (Lipinski definition) is 2. The second kappa shape index (κ2) is 10.9. The van der Waals surface area contributed by atoms with E-state index in [0.717, 1.165) is 50.1 Å². The van der Waals surface area contributed by atoms with Gasteiger partial charge in [0, 0.05) is 18.5 Å². The van der Waals surface area contributed by atoms with E-state index in [2.05, 4.69) is 45.6 Å². The summed E-state index contributed by atoms with van der Waals surface area (Å²) in [4.78, 5) is 14.1. The number of carbonyl (C=O) groups is 1.